The molecule has 0 fully saturated rings. The van der Waals surface area contributed by atoms with Crippen molar-refractivity contribution in [2.75, 3.05) is 11.9 Å². The first kappa shape index (κ1) is 19.0. The van der Waals surface area contributed by atoms with Gasteiger partial charge in [-0.3, -0.25) is 4.99 Å². The molecule has 0 radical (unpaired) electrons. The van der Waals surface area contributed by atoms with Gasteiger partial charge in [-0.05, 0) is 35.9 Å². The third-order valence-electron chi connectivity index (χ3n) is 2.75. The average molecular weight is 452 g/mol. The zero-order chi connectivity index (χ0) is 15.2. The highest BCUT2D eigenvalue weighted by atomic mass is 127. The number of para-hydroxylation sites is 1. The number of aliphatic imine (C=N–C) groups is 1. The quantitative estimate of drug-likeness (QED) is 0.372. The standard InChI is InChI=1S/C15H15Cl2N3O.HI/c16-11-6-10(7-12(17)8-11)14(21)9-19-15(18)20-13-4-2-1-3-5-13;/h1-8,14,21H,9H2,(H3,18,19,20);1H. The Morgan fingerprint density at radius 3 is 2.32 bits per heavy atom. The zero-order valence-corrected chi connectivity index (χ0v) is 15.4. The number of hydrogen-bond acceptors (Lipinski definition) is 2. The molecule has 4 N–H and O–H groups in total. The van der Waals surface area contributed by atoms with E-state index >= 15 is 0 Å². The van der Waals surface area contributed by atoms with Gasteiger partial charge in [-0.25, -0.2) is 0 Å². The first-order chi connectivity index (χ1) is 10.0. The highest BCUT2D eigenvalue weighted by molar-refractivity contribution is 14.0. The molecule has 4 nitrogen and oxygen atoms in total. The molecule has 0 spiro atoms. The SMILES string of the molecule is I.NC(=NCC(O)c1cc(Cl)cc(Cl)c1)Nc1ccccc1. The molecule has 0 heterocycles. The number of nitrogens with one attached hydrogen (secondary N) is 1. The van der Waals surface area contributed by atoms with E-state index in [1.165, 1.54) is 0 Å². The Labute approximate surface area is 156 Å². The maximum Gasteiger partial charge on any atom is 0.193 e. The number of aliphatic hydroxyl groups excluding tert-OH is 1. The van der Waals surface area contributed by atoms with Crippen molar-refractivity contribution in [2.24, 2.45) is 10.7 Å². The van der Waals surface area contributed by atoms with Gasteiger partial charge >= 0.3 is 0 Å². The third-order valence-corrected chi connectivity index (χ3v) is 3.19. The number of guanidine groups is 1. The topological polar surface area (TPSA) is 70.6 Å². The molecule has 22 heavy (non-hydrogen) atoms. The summed E-state index contributed by atoms with van der Waals surface area (Å²) in [4.78, 5) is 4.10. The summed E-state index contributed by atoms with van der Waals surface area (Å²) in [5.74, 6) is 0.230. The van der Waals surface area contributed by atoms with E-state index in [4.69, 9.17) is 28.9 Å². The second-order valence-electron chi connectivity index (χ2n) is 4.44. The molecular weight excluding hydrogens is 436 g/mol. The van der Waals surface area contributed by atoms with Crippen LogP contribution in [0.1, 0.15) is 11.7 Å². The van der Waals surface area contributed by atoms with Crippen molar-refractivity contribution in [3.8, 4) is 0 Å². The van der Waals surface area contributed by atoms with Gasteiger partial charge < -0.3 is 16.2 Å². The van der Waals surface area contributed by atoms with Crippen LogP contribution in [-0.2, 0) is 0 Å². The summed E-state index contributed by atoms with van der Waals surface area (Å²) < 4.78 is 0. The van der Waals surface area contributed by atoms with E-state index in [-0.39, 0.29) is 36.5 Å². The van der Waals surface area contributed by atoms with Crippen LogP contribution in [0, 0.1) is 0 Å². The molecule has 0 saturated carbocycles. The molecule has 0 bridgehead atoms. The Kier molecular flexibility index (Phi) is 7.95. The van der Waals surface area contributed by atoms with Crippen LogP contribution >= 0.6 is 47.2 Å². The predicted octanol–water partition coefficient (Wildman–Crippen LogP) is 4.07. The number of halogens is 3. The molecule has 0 aliphatic carbocycles. The van der Waals surface area contributed by atoms with Crippen LogP contribution in [0.3, 0.4) is 0 Å². The maximum atomic E-state index is 10.1. The maximum absolute atomic E-state index is 10.1. The van der Waals surface area contributed by atoms with E-state index in [0.29, 0.717) is 15.6 Å². The van der Waals surface area contributed by atoms with Crippen molar-refractivity contribution >= 4 is 58.8 Å². The highest BCUT2D eigenvalue weighted by Crippen LogP contribution is 2.23. The first-order valence-electron chi connectivity index (χ1n) is 6.30. The lowest BCUT2D eigenvalue weighted by atomic mass is 10.1. The van der Waals surface area contributed by atoms with Gasteiger partial charge in [0, 0.05) is 15.7 Å². The molecule has 1 atom stereocenters. The monoisotopic (exact) mass is 451 g/mol. The minimum atomic E-state index is -0.822. The summed E-state index contributed by atoms with van der Waals surface area (Å²) in [6.07, 6.45) is -0.822. The van der Waals surface area contributed by atoms with Gasteiger partial charge in [-0.1, -0.05) is 41.4 Å². The molecular formula is C15H16Cl2IN3O. The molecule has 0 amide bonds. The highest BCUT2D eigenvalue weighted by Gasteiger charge is 2.09. The Bertz CT molecular complexity index is 618. The summed E-state index contributed by atoms with van der Waals surface area (Å²) in [5, 5.41) is 13.9. The summed E-state index contributed by atoms with van der Waals surface area (Å²) in [5.41, 5.74) is 7.20. The molecule has 2 rings (SSSR count). The lowest BCUT2D eigenvalue weighted by Crippen LogP contribution is -2.23. The number of hydrogen-bond donors (Lipinski definition) is 3. The van der Waals surface area contributed by atoms with Crippen molar-refractivity contribution in [1.82, 2.24) is 0 Å². The van der Waals surface area contributed by atoms with Crippen molar-refractivity contribution in [3.63, 3.8) is 0 Å². The smallest absolute Gasteiger partial charge is 0.193 e. The van der Waals surface area contributed by atoms with E-state index in [0.717, 1.165) is 5.69 Å². The van der Waals surface area contributed by atoms with Crippen LogP contribution in [0.2, 0.25) is 10.0 Å². The van der Waals surface area contributed by atoms with Gasteiger partial charge in [-0.2, -0.15) is 0 Å². The fourth-order valence-electron chi connectivity index (χ4n) is 1.77. The van der Waals surface area contributed by atoms with Crippen LogP contribution in [0.5, 0.6) is 0 Å². The van der Waals surface area contributed by atoms with E-state index in [1.807, 2.05) is 30.3 Å². The van der Waals surface area contributed by atoms with Gasteiger partial charge in [0.05, 0.1) is 12.6 Å². The normalized spacial score (nSPS) is 12.4. The third kappa shape index (κ3) is 6.00. The Morgan fingerprint density at radius 1 is 1.14 bits per heavy atom. The molecule has 7 heteroatoms. The van der Waals surface area contributed by atoms with Crippen LogP contribution < -0.4 is 11.1 Å². The molecule has 0 saturated heterocycles. The van der Waals surface area contributed by atoms with Crippen molar-refractivity contribution in [2.45, 2.75) is 6.10 Å². The van der Waals surface area contributed by atoms with Gasteiger partial charge in [0.1, 0.15) is 0 Å². The number of anilines is 1. The van der Waals surface area contributed by atoms with Crippen LogP contribution in [0.15, 0.2) is 53.5 Å². The second-order valence-corrected chi connectivity index (χ2v) is 5.31. The van der Waals surface area contributed by atoms with E-state index < -0.39 is 6.10 Å². The van der Waals surface area contributed by atoms with Crippen molar-refractivity contribution in [1.29, 1.82) is 0 Å². The summed E-state index contributed by atoms with van der Waals surface area (Å²) >= 11 is 11.8. The average Bonchev–Trinajstić information content (AvgIpc) is 2.45. The lowest BCUT2D eigenvalue weighted by Gasteiger charge is -2.10. The van der Waals surface area contributed by atoms with Gasteiger partial charge in [0.15, 0.2) is 5.96 Å². The minimum Gasteiger partial charge on any atom is -0.386 e. The number of nitrogens with zero attached hydrogens (tertiary/aromatic N) is 1. The van der Waals surface area contributed by atoms with Crippen LogP contribution in [0.25, 0.3) is 0 Å². The molecule has 2 aromatic carbocycles. The molecule has 0 aromatic heterocycles. The Hall–Kier alpha value is -1.02. The predicted molar refractivity (Wildman–Crippen MR) is 103 cm³/mol. The molecule has 0 aliphatic heterocycles. The van der Waals surface area contributed by atoms with Gasteiger partial charge in [-0.15, -0.1) is 24.0 Å². The van der Waals surface area contributed by atoms with Crippen LogP contribution in [-0.4, -0.2) is 17.6 Å². The van der Waals surface area contributed by atoms with E-state index in [9.17, 15) is 5.11 Å². The minimum absolute atomic E-state index is 0. The van der Waals surface area contributed by atoms with Gasteiger partial charge in [0.2, 0.25) is 0 Å². The van der Waals surface area contributed by atoms with E-state index in [2.05, 4.69) is 10.3 Å². The Balaban J connectivity index is 0.00000242. The fraction of sp³-hybridized carbons (Fsp3) is 0.133. The van der Waals surface area contributed by atoms with Crippen molar-refractivity contribution in [3.05, 3.63) is 64.1 Å². The molecule has 1 unspecified atom stereocenters. The number of rotatable bonds is 4. The summed E-state index contributed by atoms with van der Waals surface area (Å²) in [7, 11) is 0. The van der Waals surface area contributed by atoms with Crippen LogP contribution in [0.4, 0.5) is 5.69 Å². The van der Waals surface area contributed by atoms with E-state index in [1.54, 1.807) is 18.2 Å². The number of benzene rings is 2. The largest absolute Gasteiger partial charge is 0.386 e. The van der Waals surface area contributed by atoms with Gasteiger partial charge in [0.25, 0.3) is 0 Å². The molecule has 118 valence electrons. The Morgan fingerprint density at radius 2 is 1.73 bits per heavy atom. The summed E-state index contributed by atoms with van der Waals surface area (Å²) in [6.45, 7) is 0.113. The number of aliphatic hydroxyl groups is 1. The lowest BCUT2D eigenvalue weighted by molar-refractivity contribution is 0.187. The molecule has 0 aliphatic rings. The first-order valence-corrected chi connectivity index (χ1v) is 7.06. The number of nitrogens with two attached hydrogens (primary N) is 1. The molecule has 2 aromatic rings. The summed E-state index contributed by atoms with van der Waals surface area (Å²) in [6, 6.07) is 14.3. The second kappa shape index (κ2) is 9.19. The fourth-order valence-corrected chi connectivity index (χ4v) is 2.31. The van der Waals surface area contributed by atoms with Crippen molar-refractivity contribution < 1.29 is 5.11 Å². The zero-order valence-electron chi connectivity index (χ0n) is 11.5.